The van der Waals surface area contributed by atoms with Crippen molar-refractivity contribution in [2.45, 2.75) is 52.6 Å². The van der Waals surface area contributed by atoms with Crippen molar-refractivity contribution in [3.63, 3.8) is 0 Å². The standard InChI is InChI=1S/C16H27NO/c1-5-6-14-7-9-15(10-8-14)13(4)17-16(11-18)12(2)3/h7-10,12-13,16-18H,5-6,11H2,1-4H3/t13?,16-/m1/s1. The third kappa shape index (κ3) is 4.43. The average molecular weight is 249 g/mol. The molecule has 0 aromatic heterocycles. The highest BCUT2D eigenvalue weighted by Gasteiger charge is 2.15. The summed E-state index contributed by atoms with van der Waals surface area (Å²) in [6, 6.07) is 9.24. The minimum Gasteiger partial charge on any atom is -0.395 e. The van der Waals surface area contributed by atoms with Gasteiger partial charge in [-0.15, -0.1) is 0 Å². The van der Waals surface area contributed by atoms with Crippen molar-refractivity contribution >= 4 is 0 Å². The molecule has 2 N–H and O–H groups in total. The van der Waals surface area contributed by atoms with Crippen LogP contribution in [-0.2, 0) is 6.42 Å². The second kappa shape index (κ2) is 7.55. The number of hydrogen-bond donors (Lipinski definition) is 2. The van der Waals surface area contributed by atoms with Crippen LogP contribution in [0.3, 0.4) is 0 Å². The second-order valence-electron chi connectivity index (χ2n) is 5.41. The van der Waals surface area contributed by atoms with Crippen LogP contribution in [-0.4, -0.2) is 17.8 Å². The van der Waals surface area contributed by atoms with E-state index in [0.717, 1.165) is 6.42 Å². The molecule has 1 aromatic carbocycles. The second-order valence-corrected chi connectivity index (χ2v) is 5.41. The number of aryl methyl sites for hydroxylation is 1. The van der Waals surface area contributed by atoms with Crippen LogP contribution >= 0.6 is 0 Å². The van der Waals surface area contributed by atoms with Gasteiger partial charge in [-0.3, -0.25) is 0 Å². The number of hydrogen-bond acceptors (Lipinski definition) is 2. The fourth-order valence-corrected chi connectivity index (χ4v) is 2.13. The zero-order valence-electron chi connectivity index (χ0n) is 12.1. The first-order chi connectivity index (χ1) is 8.58. The number of rotatable bonds is 7. The highest BCUT2D eigenvalue weighted by Crippen LogP contribution is 2.16. The van der Waals surface area contributed by atoms with Gasteiger partial charge in [0.25, 0.3) is 0 Å². The molecule has 1 unspecified atom stereocenters. The minimum absolute atomic E-state index is 0.162. The summed E-state index contributed by atoms with van der Waals surface area (Å²) in [4.78, 5) is 0. The SMILES string of the molecule is CCCc1ccc(C(C)N[C@H](CO)C(C)C)cc1. The van der Waals surface area contributed by atoms with Crippen LogP contribution in [0, 0.1) is 5.92 Å². The molecule has 0 radical (unpaired) electrons. The third-order valence-electron chi connectivity index (χ3n) is 3.48. The van der Waals surface area contributed by atoms with Crippen LogP contribution in [0.2, 0.25) is 0 Å². The van der Waals surface area contributed by atoms with E-state index in [9.17, 15) is 5.11 Å². The molecule has 0 heterocycles. The van der Waals surface area contributed by atoms with Gasteiger partial charge < -0.3 is 10.4 Å². The molecule has 1 rings (SSSR count). The highest BCUT2D eigenvalue weighted by atomic mass is 16.3. The van der Waals surface area contributed by atoms with Gasteiger partial charge in [-0.2, -0.15) is 0 Å². The van der Waals surface area contributed by atoms with Gasteiger partial charge in [-0.05, 0) is 30.4 Å². The molecule has 102 valence electrons. The molecule has 0 aliphatic heterocycles. The molecular weight excluding hydrogens is 222 g/mol. The lowest BCUT2D eigenvalue weighted by atomic mass is 10.0. The molecule has 0 fully saturated rings. The zero-order valence-corrected chi connectivity index (χ0v) is 12.1. The summed E-state index contributed by atoms with van der Waals surface area (Å²) in [6.45, 7) is 8.80. The maximum Gasteiger partial charge on any atom is 0.0587 e. The van der Waals surface area contributed by atoms with E-state index in [-0.39, 0.29) is 18.7 Å². The fourth-order valence-electron chi connectivity index (χ4n) is 2.13. The summed E-state index contributed by atoms with van der Waals surface area (Å²) in [6.07, 6.45) is 2.33. The Morgan fingerprint density at radius 2 is 1.72 bits per heavy atom. The average Bonchev–Trinajstić information content (AvgIpc) is 2.36. The van der Waals surface area contributed by atoms with E-state index in [1.165, 1.54) is 17.5 Å². The van der Waals surface area contributed by atoms with Gasteiger partial charge in [-0.25, -0.2) is 0 Å². The van der Waals surface area contributed by atoms with E-state index in [2.05, 4.69) is 57.3 Å². The molecule has 0 spiro atoms. The lowest BCUT2D eigenvalue weighted by molar-refractivity contribution is 0.201. The summed E-state index contributed by atoms with van der Waals surface area (Å²) < 4.78 is 0. The molecule has 0 aliphatic carbocycles. The van der Waals surface area contributed by atoms with Gasteiger partial charge in [0.1, 0.15) is 0 Å². The Morgan fingerprint density at radius 1 is 1.11 bits per heavy atom. The van der Waals surface area contributed by atoms with Crippen LogP contribution in [0.25, 0.3) is 0 Å². The van der Waals surface area contributed by atoms with Gasteiger partial charge in [0.15, 0.2) is 0 Å². The predicted octanol–water partition coefficient (Wildman–Crippen LogP) is 3.31. The van der Waals surface area contributed by atoms with Crippen LogP contribution in [0.15, 0.2) is 24.3 Å². The Hall–Kier alpha value is -0.860. The van der Waals surface area contributed by atoms with Crippen LogP contribution in [0.1, 0.15) is 51.3 Å². The molecular formula is C16H27NO. The van der Waals surface area contributed by atoms with Crippen molar-refractivity contribution in [3.05, 3.63) is 35.4 Å². The molecule has 2 atom stereocenters. The van der Waals surface area contributed by atoms with Crippen molar-refractivity contribution in [2.75, 3.05) is 6.61 Å². The van der Waals surface area contributed by atoms with E-state index in [4.69, 9.17) is 0 Å². The maximum atomic E-state index is 9.34. The first-order valence-electron chi connectivity index (χ1n) is 7.04. The Kier molecular flexibility index (Phi) is 6.37. The van der Waals surface area contributed by atoms with Crippen LogP contribution < -0.4 is 5.32 Å². The lowest BCUT2D eigenvalue weighted by Gasteiger charge is -2.25. The molecule has 2 nitrogen and oxygen atoms in total. The normalized spacial score (nSPS) is 14.8. The van der Waals surface area contributed by atoms with Crippen molar-refractivity contribution in [1.82, 2.24) is 5.32 Å². The molecule has 0 amide bonds. The predicted molar refractivity (Wildman–Crippen MR) is 77.7 cm³/mol. The van der Waals surface area contributed by atoms with Crippen molar-refractivity contribution < 1.29 is 5.11 Å². The number of aliphatic hydroxyl groups is 1. The van der Waals surface area contributed by atoms with Gasteiger partial charge in [-0.1, -0.05) is 51.5 Å². The largest absolute Gasteiger partial charge is 0.395 e. The molecule has 0 saturated carbocycles. The summed E-state index contributed by atoms with van der Waals surface area (Å²) in [5, 5.41) is 12.8. The van der Waals surface area contributed by atoms with Crippen molar-refractivity contribution in [2.24, 2.45) is 5.92 Å². The number of aliphatic hydroxyl groups excluding tert-OH is 1. The summed E-state index contributed by atoms with van der Waals surface area (Å²) in [7, 11) is 0. The van der Waals surface area contributed by atoms with Crippen molar-refractivity contribution in [3.8, 4) is 0 Å². The van der Waals surface area contributed by atoms with Crippen LogP contribution in [0.5, 0.6) is 0 Å². The molecule has 18 heavy (non-hydrogen) atoms. The van der Waals surface area contributed by atoms with E-state index >= 15 is 0 Å². The summed E-state index contributed by atoms with van der Waals surface area (Å²) in [5.41, 5.74) is 2.69. The first-order valence-corrected chi connectivity index (χ1v) is 7.04. The smallest absolute Gasteiger partial charge is 0.0587 e. The van der Waals surface area contributed by atoms with E-state index in [1.807, 2.05) is 0 Å². The quantitative estimate of drug-likeness (QED) is 0.777. The van der Waals surface area contributed by atoms with E-state index < -0.39 is 0 Å². The lowest BCUT2D eigenvalue weighted by Crippen LogP contribution is -2.38. The van der Waals surface area contributed by atoms with Gasteiger partial charge in [0, 0.05) is 12.1 Å². The minimum atomic E-state index is 0.162. The van der Waals surface area contributed by atoms with Gasteiger partial charge in [0.05, 0.1) is 6.61 Å². The summed E-state index contributed by atoms with van der Waals surface area (Å²) in [5.74, 6) is 0.441. The Bertz CT molecular complexity index is 331. The molecule has 0 aliphatic rings. The number of nitrogens with one attached hydrogen (secondary N) is 1. The maximum absolute atomic E-state index is 9.34. The fraction of sp³-hybridized carbons (Fsp3) is 0.625. The molecule has 0 bridgehead atoms. The van der Waals surface area contributed by atoms with E-state index in [0.29, 0.717) is 5.92 Å². The Labute approximate surface area is 111 Å². The number of benzene rings is 1. The van der Waals surface area contributed by atoms with Gasteiger partial charge in [0.2, 0.25) is 0 Å². The topological polar surface area (TPSA) is 32.3 Å². The molecule has 1 aromatic rings. The first kappa shape index (κ1) is 15.2. The van der Waals surface area contributed by atoms with E-state index in [1.54, 1.807) is 0 Å². The Balaban J connectivity index is 2.63. The molecule has 2 heteroatoms. The zero-order chi connectivity index (χ0) is 13.5. The Morgan fingerprint density at radius 3 is 2.17 bits per heavy atom. The highest BCUT2D eigenvalue weighted by molar-refractivity contribution is 5.24. The van der Waals surface area contributed by atoms with Gasteiger partial charge >= 0.3 is 0 Å². The van der Waals surface area contributed by atoms with Crippen LogP contribution in [0.4, 0.5) is 0 Å². The van der Waals surface area contributed by atoms with Crippen molar-refractivity contribution in [1.29, 1.82) is 0 Å². The third-order valence-corrected chi connectivity index (χ3v) is 3.48. The summed E-state index contributed by atoms with van der Waals surface area (Å²) >= 11 is 0. The monoisotopic (exact) mass is 249 g/mol. The molecule has 0 saturated heterocycles.